The molecule has 41 heavy (non-hydrogen) atoms. The number of nitrogens with zero attached hydrogens (tertiary/aromatic N) is 2. The summed E-state index contributed by atoms with van der Waals surface area (Å²) in [5.74, 6) is -3.96. The zero-order valence-electron chi connectivity index (χ0n) is 23.2. The molecule has 15 heteroatoms. The average Bonchev–Trinajstić information content (AvgIpc) is 3.41. The number of carboxylic acid groups (broad SMARTS) is 1. The molecule has 0 aromatic heterocycles. The fourth-order valence-electron chi connectivity index (χ4n) is 4.27. The molecule has 1 aromatic rings. The molecule has 1 aliphatic rings. The van der Waals surface area contributed by atoms with E-state index in [4.69, 9.17) is 5.11 Å². The third-order valence-electron chi connectivity index (χ3n) is 6.46. The van der Waals surface area contributed by atoms with Gasteiger partial charge in [0.05, 0.1) is 11.3 Å². The van der Waals surface area contributed by atoms with E-state index < -0.39 is 64.6 Å². The number of nitrogens with one attached hydrogen (secondary N) is 4. The van der Waals surface area contributed by atoms with E-state index in [0.717, 1.165) is 0 Å². The Balaban J connectivity index is 1.97. The van der Waals surface area contributed by atoms with Gasteiger partial charge in [0.15, 0.2) is 0 Å². The van der Waals surface area contributed by atoms with E-state index in [1.54, 1.807) is 0 Å². The van der Waals surface area contributed by atoms with E-state index in [1.165, 1.54) is 43.0 Å². The number of nitro groups is 1. The van der Waals surface area contributed by atoms with Gasteiger partial charge in [-0.15, -0.1) is 0 Å². The lowest BCUT2D eigenvalue weighted by Gasteiger charge is -2.29. The summed E-state index contributed by atoms with van der Waals surface area (Å²) in [7, 11) is 0. The molecular weight excluding hydrogens is 540 g/mol. The van der Waals surface area contributed by atoms with Crippen molar-refractivity contribution in [1.82, 2.24) is 20.9 Å². The van der Waals surface area contributed by atoms with Crippen LogP contribution < -0.4 is 21.3 Å². The number of carbonyl (C=O) groups is 6. The van der Waals surface area contributed by atoms with Crippen molar-refractivity contribution >= 4 is 46.9 Å². The van der Waals surface area contributed by atoms with E-state index in [9.17, 15) is 38.9 Å². The van der Waals surface area contributed by atoms with E-state index in [0.29, 0.717) is 31.4 Å². The fraction of sp³-hybridized carbons (Fsp3) is 0.538. The molecule has 0 radical (unpaired) electrons. The molecule has 0 aliphatic carbocycles. The van der Waals surface area contributed by atoms with Crippen LogP contribution in [0.15, 0.2) is 24.3 Å². The van der Waals surface area contributed by atoms with Crippen molar-refractivity contribution in [3.63, 3.8) is 0 Å². The Labute approximate surface area is 236 Å². The summed E-state index contributed by atoms with van der Waals surface area (Å²) in [6.45, 7) is 4.95. The predicted octanol–water partition coefficient (Wildman–Crippen LogP) is 0.683. The van der Waals surface area contributed by atoms with Gasteiger partial charge in [-0.2, -0.15) is 0 Å². The van der Waals surface area contributed by atoms with Gasteiger partial charge < -0.3 is 31.3 Å². The van der Waals surface area contributed by atoms with Gasteiger partial charge in [-0.3, -0.25) is 38.9 Å². The van der Waals surface area contributed by atoms with Crippen molar-refractivity contribution in [3.8, 4) is 0 Å². The molecule has 1 fully saturated rings. The van der Waals surface area contributed by atoms with Crippen LogP contribution >= 0.6 is 0 Å². The summed E-state index contributed by atoms with van der Waals surface area (Å²) in [4.78, 5) is 85.7. The van der Waals surface area contributed by atoms with Crippen molar-refractivity contribution in [1.29, 1.82) is 0 Å². The molecular formula is C26H36N6O9. The number of hydrogen-bond donors (Lipinski definition) is 5. The van der Waals surface area contributed by atoms with Crippen LogP contribution in [0.5, 0.6) is 0 Å². The summed E-state index contributed by atoms with van der Waals surface area (Å²) in [5.41, 5.74) is 0.193. The number of benzene rings is 1. The monoisotopic (exact) mass is 576 g/mol. The molecule has 0 spiro atoms. The van der Waals surface area contributed by atoms with Gasteiger partial charge in [0.2, 0.25) is 29.5 Å². The number of hydrogen-bond acceptors (Lipinski definition) is 8. The first-order valence-corrected chi connectivity index (χ1v) is 13.3. The molecule has 1 heterocycles. The highest BCUT2D eigenvalue weighted by molar-refractivity contribution is 5.99. The van der Waals surface area contributed by atoms with Crippen molar-refractivity contribution in [2.45, 2.75) is 83.5 Å². The topological polar surface area (TPSA) is 217 Å². The Morgan fingerprint density at radius 1 is 1.00 bits per heavy atom. The number of carbonyl (C=O) groups excluding carboxylic acids is 5. The van der Waals surface area contributed by atoms with Crippen LogP contribution in [0.3, 0.4) is 0 Å². The minimum Gasteiger partial charge on any atom is -0.481 e. The Morgan fingerprint density at radius 2 is 1.66 bits per heavy atom. The third kappa shape index (κ3) is 9.85. The van der Waals surface area contributed by atoms with E-state index in [2.05, 4.69) is 21.3 Å². The largest absolute Gasteiger partial charge is 0.481 e. The van der Waals surface area contributed by atoms with Crippen molar-refractivity contribution in [2.75, 3.05) is 11.9 Å². The molecule has 1 saturated heterocycles. The molecule has 15 nitrogen and oxygen atoms in total. The number of aliphatic carboxylic acids is 1. The van der Waals surface area contributed by atoms with Gasteiger partial charge in [0.1, 0.15) is 24.2 Å². The van der Waals surface area contributed by atoms with Gasteiger partial charge in [0, 0.05) is 30.8 Å². The maximum absolute atomic E-state index is 13.2. The number of non-ortho nitro benzene ring substituents is 1. The number of likely N-dealkylation sites (tertiary alicyclic amines) is 1. The molecule has 0 unspecified atom stereocenters. The standard InChI is InChI=1S/C26H36N6O9/c1-4-6-19(24(37)29-17-8-10-18(11-9-17)32(40)41)30-25(38)20-7-5-14-31(20)26(39)16(3)28-23(36)15(2)27-21(33)12-13-22(34)35/h8-11,15-16,19-20H,4-7,12-14H2,1-3H3,(H,27,33)(H,28,36)(H,29,37)(H,30,38)(H,34,35)/t15-,16+,19-,20-/m0/s1. The highest BCUT2D eigenvalue weighted by Crippen LogP contribution is 2.20. The lowest BCUT2D eigenvalue weighted by atomic mass is 10.1. The predicted molar refractivity (Wildman–Crippen MR) is 145 cm³/mol. The third-order valence-corrected chi connectivity index (χ3v) is 6.46. The zero-order valence-corrected chi connectivity index (χ0v) is 23.2. The molecule has 5 amide bonds. The maximum atomic E-state index is 13.2. The molecule has 5 N–H and O–H groups in total. The van der Waals surface area contributed by atoms with E-state index in [-0.39, 0.29) is 25.1 Å². The Bertz CT molecular complexity index is 1160. The summed E-state index contributed by atoms with van der Waals surface area (Å²) >= 11 is 0. The zero-order chi connectivity index (χ0) is 30.7. The van der Waals surface area contributed by atoms with Gasteiger partial charge >= 0.3 is 5.97 Å². The first-order valence-electron chi connectivity index (χ1n) is 13.3. The van der Waals surface area contributed by atoms with Crippen molar-refractivity contribution < 1.29 is 38.8 Å². The molecule has 1 aromatic carbocycles. The minimum absolute atomic E-state index is 0.132. The first kappa shape index (κ1) is 32.7. The minimum atomic E-state index is -1.15. The number of amides is 5. The van der Waals surface area contributed by atoms with Crippen LogP contribution in [-0.4, -0.2) is 81.1 Å². The van der Waals surface area contributed by atoms with Gasteiger partial charge in [-0.25, -0.2) is 0 Å². The highest BCUT2D eigenvalue weighted by atomic mass is 16.6. The second-order valence-electron chi connectivity index (χ2n) is 9.75. The van der Waals surface area contributed by atoms with Crippen LogP contribution in [-0.2, 0) is 28.8 Å². The van der Waals surface area contributed by atoms with E-state index >= 15 is 0 Å². The van der Waals surface area contributed by atoms with Crippen LogP contribution in [0.1, 0.15) is 59.3 Å². The molecule has 4 atom stereocenters. The summed E-state index contributed by atoms with van der Waals surface area (Å²) in [6, 6.07) is 1.45. The Kier molecular flexibility index (Phi) is 12.2. The fourth-order valence-corrected chi connectivity index (χ4v) is 4.27. The van der Waals surface area contributed by atoms with Gasteiger partial charge in [-0.05, 0) is 45.2 Å². The number of rotatable bonds is 14. The lowest BCUT2D eigenvalue weighted by Crippen LogP contribution is -2.56. The summed E-state index contributed by atoms with van der Waals surface area (Å²) in [5, 5.41) is 29.7. The highest BCUT2D eigenvalue weighted by Gasteiger charge is 2.38. The van der Waals surface area contributed by atoms with E-state index in [1.807, 2.05) is 6.92 Å². The molecule has 0 bridgehead atoms. The average molecular weight is 577 g/mol. The number of carboxylic acids is 1. The van der Waals surface area contributed by atoms with Gasteiger partial charge in [-0.1, -0.05) is 13.3 Å². The summed E-state index contributed by atoms with van der Waals surface area (Å²) in [6.07, 6.45) is 1.10. The molecule has 224 valence electrons. The Morgan fingerprint density at radius 3 is 2.24 bits per heavy atom. The van der Waals surface area contributed by atoms with Gasteiger partial charge in [0.25, 0.3) is 5.69 Å². The molecule has 0 saturated carbocycles. The first-order chi connectivity index (χ1) is 19.3. The van der Waals surface area contributed by atoms with Crippen molar-refractivity contribution in [3.05, 3.63) is 34.4 Å². The lowest BCUT2D eigenvalue weighted by molar-refractivity contribution is -0.384. The van der Waals surface area contributed by atoms with Crippen molar-refractivity contribution in [2.24, 2.45) is 0 Å². The normalized spacial score (nSPS) is 16.6. The van der Waals surface area contributed by atoms with Crippen LogP contribution in [0.4, 0.5) is 11.4 Å². The van der Waals surface area contributed by atoms with Crippen LogP contribution in [0.2, 0.25) is 0 Å². The maximum Gasteiger partial charge on any atom is 0.303 e. The van der Waals surface area contributed by atoms with Crippen LogP contribution in [0, 0.1) is 10.1 Å². The van der Waals surface area contributed by atoms with Crippen LogP contribution in [0.25, 0.3) is 0 Å². The number of anilines is 1. The SMILES string of the molecule is CCC[C@H](NC(=O)[C@@H]1CCCN1C(=O)[C@@H](C)NC(=O)[C@H](C)NC(=O)CCC(=O)O)C(=O)Nc1ccc([N+](=O)[O-])cc1. The smallest absolute Gasteiger partial charge is 0.303 e. The molecule has 1 aliphatic heterocycles. The number of nitro benzene ring substituents is 1. The second kappa shape index (κ2) is 15.3. The Hall–Kier alpha value is -4.56. The second-order valence-corrected chi connectivity index (χ2v) is 9.75. The molecule has 2 rings (SSSR count). The summed E-state index contributed by atoms with van der Waals surface area (Å²) < 4.78 is 0. The quantitative estimate of drug-likeness (QED) is 0.155.